The molecule has 0 radical (unpaired) electrons. The highest BCUT2D eigenvalue weighted by molar-refractivity contribution is 5.97. The minimum absolute atomic E-state index is 0.0455. The summed E-state index contributed by atoms with van der Waals surface area (Å²) in [4.78, 5) is 18.5. The van der Waals surface area contributed by atoms with E-state index >= 15 is 0 Å². The van der Waals surface area contributed by atoms with E-state index in [1.807, 2.05) is 0 Å². The summed E-state index contributed by atoms with van der Waals surface area (Å²) >= 11 is 0. The number of fused-ring (bicyclic) bond motifs is 1. The maximum Gasteiger partial charge on any atom is 0.449 e. The summed E-state index contributed by atoms with van der Waals surface area (Å²) in [7, 11) is 0. The Bertz CT molecular complexity index is 843. The van der Waals surface area contributed by atoms with Gasteiger partial charge in [0.25, 0.3) is 5.91 Å². The zero-order chi connectivity index (χ0) is 19.9. The average Bonchev–Trinajstić information content (AvgIpc) is 3.00. The van der Waals surface area contributed by atoms with Gasteiger partial charge in [-0.05, 0) is 50.8 Å². The lowest BCUT2D eigenvalue weighted by molar-refractivity contribution is -0.147. The van der Waals surface area contributed by atoms with Crippen LogP contribution >= 0.6 is 0 Å². The molecule has 1 aliphatic heterocycles. The molecule has 1 aromatic heterocycles. The Kier molecular flexibility index (Phi) is 5.20. The van der Waals surface area contributed by atoms with E-state index in [1.54, 1.807) is 30.9 Å². The predicted molar refractivity (Wildman–Crippen MR) is 97.4 cm³/mol. The molecule has 1 aromatic carbocycles. The number of hydrogen-bond acceptors (Lipinski definition) is 3. The van der Waals surface area contributed by atoms with E-state index in [2.05, 4.69) is 11.9 Å². The molecule has 2 atom stereocenters. The van der Waals surface area contributed by atoms with E-state index in [9.17, 15) is 18.0 Å². The molecule has 27 heavy (non-hydrogen) atoms. The summed E-state index contributed by atoms with van der Waals surface area (Å²) in [5, 5.41) is 0. The van der Waals surface area contributed by atoms with Gasteiger partial charge in [0.1, 0.15) is 0 Å². The normalized spacial score (nSPS) is 21.3. The molecule has 1 fully saturated rings. The second-order valence-electron chi connectivity index (χ2n) is 7.62. The Labute approximate surface area is 156 Å². The lowest BCUT2D eigenvalue weighted by Gasteiger charge is -2.38. The SMILES string of the molecule is CC1CCN(C(=O)c2ccc3c(c2)nc(C(F)(F)F)n3C(C)C)C(CN)C1. The highest BCUT2D eigenvalue weighted by Gasteiger charge is 2.38. The fourth-order valence-electron chi connectivity index (χ4n) is 3.86. The number of alkyl halides is 3. The quantitative estimate of drug-likeness (QED) is 0.877. The summed E-state index contributed by atoms with van der Waals surface area (Å²) < 4.78 is 41.2. The van der Waals surface area contributed by atoms with Gasteiger partial charge < -0.3 is 15.2 Å². The number of carbonyl (C=O) groups is 1. The minimum Gasteiger partial charge on any atom is -0.334 e. The molecule has 5 nitrogen and oxygen atoms in total. The summed E-state index contributed by atoms with van der Waals surface area (Å²) in [6.07, 6.45) is -2.82. The van der Waals surface area contributed by atoms with Gasteiger partial charge in [0.2, 0.25) is 5.82 Å². The lowest BCUT2D eigenvalue weighted by Crippen LogP contribution is -2.49. The van der Waals surface area contributed by atoms with Crippen molar-refractivity contribution in [2.75, 3.05) is 13.1 Å². The van der Waals surface area contributed by atoms with Gasteiger partial charge in [-0.2, -0.15) is 13.2 Å². The Morgan fingerprint density at radius 1 is 1.37 bits per heavy atom. The van der Waals surface area contributed by atoms with E-state index in [-0.39, 0.29) is 17.5 Å². The number of aromatic nitrogens is 2. The Morgan fingerprint density at radius 2 is 2.07 bits per heavy atom. The smallest absolute Gasteiger partial charge is 0.334 e. The van der Waals surface area contributed by atoms with Gasteiger partial charge in [-0.15, -0.1) is 0 Å². The minimum atomic E-state index is -4.55. The van der Waals surface area contributed by atoms with Crippen LogP contribution in [0.25, 0.3) is 11.0 Å². The fraction of sp³-hybridized carbons (Fsp3) is 0.579. The van der Waals surface area contributed by atoms with Crippen LogP contribution < -0.4 is 5.73 Å². The highest BCUT2D eigenvalue weighted by Crippen LogP contribution is 2.34. The van der Waals surface area contributed by atoms with Crippen molar-refractivity contribution in [3.8, 4) is 0 Å². The molecule has 0 spiro atoms. The van der Waals surface area contributed by atoms with Crippen molar-refractivity contribution in [3.63, 3.8) is 0 Å². The third-order valence-electron chi connectivity index (χ3n) is 5.22. The van der Waals surface area contributed by atoms with Gasteiger partial charge in [-0.25, -0.2) is 4.98 Å². The highest BCUT2D eigenvalue weighted by atomic mass is 19.4. The molecule has 1 saturated heterocycles. The Balaban J connectivity index is 2.00. The summed E-state index contributed by atoms with van der Waals surface area (Å²) in [6.45, 7) is 6.47. The first kappa shape index (κ1) is 19.7. The Hall–Kier alpha value is -2.09. The molecule has 1 amide bonds. The third-order valence-corrected chi connectivity index (χ3v) is 5.22. The van der Waals surface area contributed by atoms with Crippen LogP contribution in [0.3, 0.4) is 0 Å². The number of nitrogens with two attached hydrogens (primary N) is 1. The fourth-order valence-corrected chi connectivity index (χ4v) is 3.86. The Morgan fingerprint density at radius 3 is 2.67 bits per heavy atom. The molecule has 0 saturated carbocycles. The predicted octanol–water partition coefficient (Wildman–Crippen LogP) is 3.84. The first-order valence-electron chi connectivity index (χ1n) is 9.23. The first-order chi connectivity index (χ1) is 12.6. The monoisotopic (exact) mass is 382 g/mol. The van der Waals surface area contributed by atoms with Crippen molar-refractivity contribution in [1.29, 1.82) is 0 Å². The zero-order valence-corrected chi connectivity index (χ0v) is 15.8. The molecule has 3 rings (SSSR count). The van der Waals surface area contributed by atoms with Crippen molar-refractivity contribution in [3.05, 3.63) is 29.6 Å². The third kappa shape index (κ3) is 3.67. The number of imidazole rings is 1. The standard InChI is InChI=1S/C19H25F3N4O/c1-11(2)26-16-5-4-13(9-15(16)24-18(26)19(20,21)22)17(27)25-7-6-12(3)8-14(25)10-23/h4-5,9,11-12,14H,6-8,10,23H2,1-3H3. The van der Waals surface area contributed by atoms with Crippen LogP contribution in [0.2, 0.25) is 0 Å². The number of piperidine rings is 1. The van der Waals surface area contributed by atoms with Crippen molar-refractivity contribution in [2.24, 2.45) is 11.7 Å². The molecule has 2 aromatic rings. The van der Waals surface area contributed by atoms with Crippen LogP contribution in [0.1, 0.15) is 55.8 Å². The maximum absolute atomic E-state index is 13.4. The van der Waals surface area contributed by atoms with Crippen molar-refractivity contribution < 1.29 is 18.0 Å². The van der Waals surface area contributed by atoms with Gasteiger partial charge in [-0.3, -0.25) is 4.79 Å². The average molecular weight is 382 g/mol. The van der Waals surface area contributed by atoms with Gasteiger partial charge in [-0.1, -0.05) is 6.92 Å². The number of carbonyl (C=O) groups excluding carboxylic acids is 1. The van der Waals surface area contributed by atoms with Crippen LogP contribution in [0, 0.1) is 5.92 Å². The molecule has 0 bridgehead atoms. The van der Waals surface area contributed by atoms with Gasteiger partial charge in [0.15, 0.2) is 0 Å². The molecule has 2 unspecified atom stereocenters. The van der Waals surface area contributed by atoms with Crippen molar-refractivity contribution in [1.82, 2.24) is 14.5 Å². The van der Waals surface area contributed by atoms with Crippen molar-refractivity contribution in [2.45, 2.75) is 51.9 Å². The molecule has 1 aliphatic rings. The van der Waals surface area contributed by atoms with Crippen LogP contribution in [0.4, 0.5) is 13.2 Å². The summed E-state index contributed by atoms with van der Waals surface area (Å²) in [5.41, 5.74) is 6.73. The van der Waals surface area contributed by atoms with Crippen LogP contribution in [0.15, 0.2) is 18.2 Å². The second kappa shape index (κ2) is 7.14. The van der Waals surface area contributed by atoms with Crippen molar-refractivity contribution >= 4 is 16.9 Å². The number of likely N-dealkylation sites (tertiary alicyclic amines) is 1. The van der Waals surface area contributed by atoms with Crippen LogP contribution in [0.5, 0.6) is 0 Å². The number of nitrogens with zero attached hydrogens (tertiary/aromatic N) is 3. The molecular weight excluding hydrogens is 357 g/mol. The largest absolute Gasteiger partial charge is 0.449 e. The van der Waals surface area contributed by atoms with Gasteiger partial charge >= 0.3 is 6.18 Å². The second-order valence-corrected chi connectivity index (χ2v) is 7.62. The summed E-state index contributed by atoms with van der Waals surface area (Å²) in [5.74, 6) is -0.642. The molecule has 8 heteroatoms. The first-order valence-corrected chi connectivity index (χ1v) is 9.23. The van der Waals surface area contributed by atoms with Crippen LogP contribution in [-0.2, 0) is 6.18 Å². The van der Waals surface area contributed by atoms with E-state index in [0.29, 0.717) is 30.1 Å². The molecule has 2 N–H and O–H groups in total. The maximum atomic E-state index is 13.4. The number of rotatable bonds is 3. The molecule has 2 heterocycles. The lowest BCUT2D eigenvalue weighted by atomic mass is 9.92. The number of benzene rings is 1. The zero-order valence-electron chi connectivity index (χ0n) is 15.8. The molecule has 148 valence electrons. The van der Waals surface area contributed by atoms with Crippen LogP contribution in [-0.4, -0.2) is 39.5 Å². The van der Waals surface area contributed by atoms with E-state index in [1.165, 1.54) is 6.07 Å². The van der Waals surface area contributed by atoms with Gasteiger partial charge in [0, 0.05) is 30.7 Å². The van der Waals surface area contributed by atoms with E-state index in [4.69, 9.17) is 5.73 Å². The topological polar surface area (TPSA) is 64.2 Å². The number of halogens is 3. The number of amides is 1. The molecular formula is C19H25F3N4O. The van der Waals surface area contributed by atoms with E-state index < -0.39 is 18.0 Å². The van der Waals surface area contributed by atoms with Gasteiger partial charge in [0.05, 0.1) is 11.0 Å². The molecule has 0 aliphatic carbocycles. The number of hydrogen-bond donors (Lipinski definition) is 1. The van der Waals surface area contributed by atoms with E-state index in [0.717, 1.165) is 17.4 Å². The summed E-state index contributed by atoms with van der Waals surface area (Å²) in [6, 6.07) is 4.14.